The van der Waals surface area contributed by atoms with E-state index >= 15 is 0 Å². The molecule has 2 N–H and O–H groups in total. The van der Waals surface area contributed by atoms with E-state index in [1.165, 1.54) is 10.3 Å². The minimum Gasteiger partial charge on any atom is -0.330 e. The van der Waals surface area contributed by atoms with Crippen molar-refractivity contribution in [3.8, 4) is 0 Å². The van der Waals surface area contributed by atoms with Gasteiger partial charge in [0.25, 0.3) is 0 Å². The third kappa shape index (κ3) is 1.68. The maximum absolute atomic E-state index is 5.94. The Balaban J connectivity index is 2.63. The van der Waals surface area contributed by atoms with Crippen molar-refractivity contribution in [2.75, 3.05) is 6.54 Å². The molecular formula is C9H9ClN2S. The van der Waals surface area contributed by atoms with Gasteiger partial charge in [-0.15, -0.1) is 11.3 Å². The molecule has 13 heavy (non-hydrogen) atoms. The van der Waals surface area contributed by atoms with Crippen LogP contribution in [-0.2, 0) is 6.42 Å². The Morgan fingerprint density at radius 2 is 2.31 bits per heavy atom. The molecule has 68 valence electrons. The highest BCUT2D eigenvalue weighted by molar-refractivity contribution is 7.17. The summed E-state index contributed by atoms with van der Waals surface area (Å²) in [7, 11) is 0. The number of hydrogen-bond donors (Lipinski definition) is 1. The Labute approximate surface area is 85.3 Å². The maximum atomic E-state index is 5.94. The van der Waals surface area contributed by atoms with Gasteiger partial charge in [0.15, 0.2) is 0 Å². The molecule has 2 aromatic rings. The van der Waals surface area contributed by atoms with Crippen LogP contribution in [0.25, 0.3) is 10.2 Å². The van der Waals surface area contributed by atoms with E-state index in [1.807, 2.05) is 17.6 Å². The van der Waals surface area contributed by atoms with E-state index in [4.69, 9.17) is 17.3 Å². The van der Waals surface area contributed by atoms with Gasteiger partial charge in [-0.1, -0.05) is 11.6 Å². The van der Waals surface area contributed by atoms with Gasteiger partial charge >= 0.3 is 0 Å². The van der Waals surface area contributed by atoms with Crippen LogP contribution < -0.4 is 5.73 Å². The van der Waals surface area contributed by atoms with Gasteiger partial charge in [-0.3, -0.25) is 0 Å². The first-order chi connectivity index (χ1) is 6.31. The second-order valence-corrected chi connectivity index (χ2v) is 4.10. The first kappa shape index (κ1) is 8.94. The summed E-state index contributed by atoms with van der Waals surface area (Å²) in [6.07, 6.45) is 0.860. The topological polar surface area (TPSA) is 38.9 Å². The summed E-state index contributed by atoms with van der Waals surface area (Å²) in [5.74, 6) is 0. The number of nitrogens with two attached hydrogens (primary N) is 1. The van der Waals surface area contributed by atoms with Gasteiger partial charge in [-0.2, -0.15) is 0 Å². The highest BCUT2D eigenvalue weighted by atomic mass is 35.5. The van der Waals surface area contributed by atoms with Crippen molar-refractivity contribution in [1.82, 2.24) is 4.98 Å². The number of thiazole rings is 1. The first-order valence-electron chi connectivity index (χ1n) is 4.03. The summed E-state index contributed by atoms with van der Waals surface area (Å²) in [5, 5.41) is 0.738. The average molecular weight is 213 g/mol. The summed E-state index contributed by atoms with van der Waals surface area (Å²) in [6, 6.07) is 3.85. The summed E-state index contributed by atoms with van der Waals surface area (Å²) in [6.45, 7) is 0.646. The molecule has 0 atom stereocenters. The Hall–Kier alpha value is -0.640. The number of hydrogen-bond acceptors (Lipinski definition) is 3. The number of halogens is 1. The van der Waals surface area contributed by atoms with Gasteiger partial charge in [0.05, 0.1) is 15.7 Å². The number of rotatable bonds is 2. The van der Waals surface area contributed by atoms with Gasteiger partial charge in [-0.25, -0.2) is 4.98 Å². The molecule has 0 aliphatic rings. The molecule has 0 aliphatic heterocycles. The molecule has 4 heteroatoms. The zero-order valence-corrected chi connectivity index (χ0v) is 8.53. The van der Waals surface area contributed by atoms with Gasteiger partial charge in [0, 0.05) is 5.02 Å². The van der Waals surface area contributed by atoms with Crippen LogP contribution in [0.15, 0.2) is 17.6 Å². The lowest BCUT2D eigenvalue weighted by Gasteiger charge is -2.00. The highest BCUT2D eigenvalue weighted by Gasteiger charge is 2.04. The minimum atomic E-state index is 0.646. The standard InChI is InChI=1S/C9H9ClN2S/c10-7-3-6(1-2-11)9-8(4-7)12-5-13-9/h3-5H,1-2,11H2. The van der Waals surface area contributed by atoms with Gasteiger partial charge < -0.3 is 5.73 Å². The van der Waals surface area contributed by atoms with Crippen LogP contribution in [0.1, 0.15) is 5.56 Å². The van der Waals surface area contributed by atoms with Crippen molar-refractivity contribution in [2.24, 2.45) is 5.73 Å². The second kappa shape index (κ2) is 3.62. The van der Waals surface area contributed by atoms with Crippen molar-refractivity contribution in [2.45, 2.75) is 6.42 Å². The van der Waals surface area contributed by atoms with Crippen LogP contribution in [0.2, 0.25) is 5.02 Å². The molecule has 1 aromatic carbocycles. The predicted octanol–water partition coefficient (Wildman–Crippen LogP) is 2.45. The lowest BCUT2D eigenvalue weighted by Crippen LogP contribution is -2.02. The van der Waals surface area contributed by atoms with E-state index in [9.17, 15) is 0 Å². The first-order valence-corrected chi connectivity index (χ1v) is 5.28. The molecule has 0 aliphatic carbocycles. The molecule has 1 heterocycles. The zero-order chi connectivity index (χ0) is 9.26. The molecule has 0 amide bonds. The van der Waals surface area contributed by atoms with Crippen LogP contribution >= 0.6 is 22.9 Å². The number of nitrogens with zero attached hydrogens (tertiary/aromatic N) is 1. The molecular weight excluding hydrogens is 204 g/mol. The minimum absolute atomic E-state index is 0.646. The van der Waals surface area contributed by atoms with Crippen molar-refractivity contribution in [3.63, 3.8) is 0 Å². The molecule has 0 saturated carbocycles. The lowest BCUT2D eigenvalue weighted by molar-refractivity contribution is 0.979. The van der Waals surface area contributed by atoms with Crippen LogP contribution in [-0.4, -0.2) is 11.5 Å². The Bertz CT molecular complexity index is 424. The summed E-state index contributed by atoms with van der Waals surface area (Å²) < 4.78 is 1.20. The van der Waals surface area contributed by atoms with Crippen molar-refractivity contribution in [3.05, 3.63) is 28.2 Å². The van der Waals surface area contributed by atoms with Gasteiger partial charge in [0.2, 0.25) is 0 Å². The van der Waals surface area contributed by atoms with Crippen LogP contribution in [0.4, 0.5) is 0 Å². The monoisotopic (exact) mass is 212 g/mol. The second-order valence-electron chi connectivity index (χ2n) is 2.80. The fourth-order valence-electron chi connectivity index (χ4n) is 1.34. The highest BCUT2D eigenvalue weighted by Crippen LogP contribution is 2.26. The van der Waals surface area contributed by atoms with E-state index < -0.39 is 0 Å². The van der Waals surface area contributed by atoms with E-state index in [-0.39, 0.29) is 0 Å². The smallest absolute Gasteiger partial charge is 0.0829 e. The molecule has 0 radical (unpaired) electrons. The molecule has 0 bridgehead atoms. The molecule has 0 unspecified atom stereocenters. The van der Waals surface area contributed by atoms with Crippen LogP contribution in [0, 0.1) is 0 Å². The van der Waals surface area contributed by atoms with E-state index in [1.54, 1.807) is 11.3 Å². The Morgan fingerprint density at radius 3 is 3.08 bits per heavy atom. The zero-order valence-electron chi connectivity index (χ0n) is 6.96. The summed E-state index contributed by atoms with van der Waals surface area (Å²) >= 11 is 7.58. The van der Waals surface area contributed by atoms with Crippen molar-refractivity contribution >= 4 is 33.2 Å². The van der Waals surface area contributed by atoms with E-state index in [0.29, 0.717) is 6.54 Å². The third-order valence-corrected chi connectivity index (χ3v) is 3.02. The molecule has 0 fully saturated rings. The molecule has 0 spiro atoms. The lowest BCUT2D eigenvalue weighted by atomic mass is 10.1. The van der Waals surface area contributed by atoms with E-state index in [0.717, 1.165) is 17.0 Å². The largest absolute Gasteiger partial charge is 0.330 e. The Morgan fingerprint density at radius 1 is 1.46 bits per heavy atom. The van der Waals surface area contributed by atoms with E-state index in [2.05, 4.69) is 4.98 Å². The number of fused-ring (bicyclic) bond motifs is 1. The van der Waals surface area contributed by atoms with Crippen LogP contribution in [0.3, 0.4) is 0 Å². The fraction of sp³-hybridized carbons (Fsp3) is 0.222. The maximum Gasteiger partial charge on any atom is 0.0829 e. The average Bonchev–Trinajstić information content (AvgIpc) is 2.52. The van der Waals surface area contributed by atoms with Crippen molar-refractivity contribution < 1.29 is 0 Å². The number of aromatic nitrogens is 1. The Kier molecular flexibility index (Phi) is 2.49. The SMILES string of the molecule is NCCc1cc(Cl)cc2ncsc12. The third-order valence-electron chi connectivity index (χ3n) is 1.89. The normalized spacial score (nSPS) is 10.9. The van der Waals surface area contributed by atoms with Crippen LogP contribution in [0.5, 0.6) is 0 Å². The number of benzene rings is 1. The fourth-order valence-corrected chi connectivity index (χ4v) is 2.39. The summed E-state index contributed by atoms with van der Waals surface area (Å²) in [5.41, 5.74) is 9.52. The quantitative estimate of drug-likeness (QED) is 0.831. The molecule has 0 saturated heterocycles. The summed E-state index contributed by atoms with van der Waals surface area (Å²) in [4.78, 5) is 4.22. The molecule has 2 rings (SSSR count). The molecule has 1 aromatic heterocycles. The molecule has 2 nitrogen and oxygen atoms in total. The predicted molar refractivity (Wildman–Crippen MR) is 57.4 cm³/mol. The van der Waals surface area contributed by atoms with Crippen molar-refractivity contribution in [1.29, 1.82) is 0 Å². The van der Waals surface area contributed by atoms with Gasteiger partial charge in [0.1, 0.15) is 0 Å². The van der Waals surface area contributed by atoms with Gasteiger partial charge in [-0.05, 0) is 30.7 Å².